The highest BCUT2D eigenvalue weighted by Crippen LogP contribution is 2.31. The van der Waals surface area contributed by atoms with Gasteiger partial charge in [-0.2, -0.15) is 4.31 Å². The number of morpholine rings is 1. The molecule has 2 aliphatic rings. The molecule has 0 unspecified atom stereocenters. The van der Waals surface area contributed by atoms with E-state index < -0.39 is 28.5 Å². The Balaban J connectivity index is 1.39. The molecule has 2 aromatic rings. The standard InChI is InChI=1S/C21H24N2O6S2/c1-14-5-6-16(31(26,27)23-7-9-28-10-8-23)12-17(14)22-20(24)13-29-21(25)19-11-15-3-2-4-18(15)30-19/h5-6,11-12H,2-4,7-10,13H2,1H3,(H,22,24). The number of hydrogen-bond acceptors (Lipinski definition) is 7. The van der Waals surface area contributed by atoms with Crippen LogP contribution in [0.3, 0.4) is 0 Å². The van der Waals surface area contributed by atoms with Crippen molar-refractivity contribution in [3.8, 4) is 0 Å². The van der Waals surface area contributed by atoms with Crippen LogP contribution in [0.15, 0.2) is 29.2 Å². The third-order valence-electron chi connectivity index (χ3n) is 5.37. The SMILES string of the molecule is Cc1ccc(S(=O)(=O)N2CCOCC2)cc1NC(=O)COC(=O)c1cc2c(s1)CCC2. The Morgan fingerprint density at radius 2 is 1.97 bits per heavy atom. The first-order valence-electron chi connectivity index (χ1n) is 10.1. The fourth-order valence-electron chi connectivity index (χ4n) is 3.65. The van der Waals surface area contributed by atoms with Crippen molar-refractivity contribution in [1.29, 1.82) is 0 Å². The minimum Gasteiger partial charge on any atom is -0.451 e. The molecule has 4 rings (SSSR count). The van der Waals surface area contributed by atoms with Gasteiger partial charge in [-0.3, -0.25) is 4.79 Å². The maximum absolute atomic E-state index is 12.9. The number of fused-ring (bicyclic) bond motifs is 1. The largest absolute Gasteiger partial charge is 0.451 e. The Kier molecular flexibility index (Phi) is 6.42. The number of hydrogen-bond donors (Lipinski definition) is 1. The smallest absolute Gasteiger partial charge is 0.348 e. The summed E-state index contributed by atoms with van der Waals surface area (Å²) >= 11 is 1.42. The number of nitrogens with zero attached hydrogens (tertiary/aromatic N) is 1. The van der Waals surface area contributed by atoms with E-state index in [4.69, 9.17) is 9.47 Å². The first kappa shape index (κ1) is 21.9. The van der Waals surface area contributed by atoms with Crippen LogP contribution >= 0.6 is 11.3 Å². The van der Waals surface area contributed by atoms with E-state index in [-0.39, 0.29) is 4.90 Å². The second-order valence-corrected chi connectivity index (χ2v) is 10.6. The van der Waals surface area contributed by atoms with E-state index in [0.717, 1.165) is 19.3 Å². The van der Waals surface area contributed by atoms with Gasteiger partial charge in [0.25, 0.3) is 5.91 Å². The molecule has 31 heavy (non-hydrogen) atoms. The Bertz CT molecular complexity index is 1080. The highest BCUT2D eigenvalue weighted by molar-refractivity contribution is 7.89. The number of aryl methyl sites for hydroxylation is 3. The molecule has 8 nitrogen and oxygen atoms in total. The van der Waals surface area contributed by atoms with E-state index in [2.05, 4.69) is 5.32 Å². The van der Waals surface area contributed by atoms with Gasteiger partial charge in [0, 0.05) is 23.7 Å². The van der Waals surface area contributed by atoms with E-state index >= 15 is 0 Å². The number of ether oxygens (including phenoxy) is 2. The molecule has 1 fully saturated rings. The molecule has 1 N–H and O–H groups in total. The van der Waals surface area contributed by atoms with Crippen molar-refractivity contribution in [1.82, 2.24) is 4.31 Å². The summed E-state index contributed by atoms with van der Waals surface area (Å²) in [6.07, 6.45) is 3.07. The van der Waals surface area contributed by atoms with Crippen LogP contribution in [-0.4, -0.2) is 57.5 Å². The normalized spacial score (nSPS) is 16.7. The Morgan fingerprint density at radius 1 is 1.19 bits per heavy atom. The van der Waals surface area contributed by atoms with Crippen molar-refractivity contribution in [2.45, 2.75) is 31.1 Å². The number of nitrogens with one attached hydrogen (secondary N) is 1. The van der Waals surface area contributed by atoms with E-state index in [1.165, 1.54) is 38.2 Å². The zero-order valence-corrected chi connectivity index (χ0v) is 18.8. The summed E-state index contributed by atoms with van der Waals surface area (Å²) in [7, 11) is -3.68. The predicted octanol–water partition coefficient (Wildman–Crippen LogP) is 2.36. The van der Waals surface area contributed by atoms with Crippen LogP contribution in [0.4, 0.5) is 5.69 Å². The molecule has 0 bridgehead atoms. The van der Waals surface area contributed by atoms with Gasteiger partial charge < -0.3 is 14.8 Å². The average Bonchev–Trinajstić information content (AvgIpc) is 3.36. The minimum atomic E-state index is -3.68. The van der Waals surface area contributed by atoms with Gasteiger partial charge in [-0.05, 0) is 55.5 Å². The topological polar surface area (TPSA) is 102 Å². The summed E-state index contributed by atoms with van der Waals surface area (Å²) in [5.41, 5.74) is 2.26. The number of esters is 1. The van der Waals surface area contributed by atoms with Crippen LogP contribution in [-0.2, 0) is 37.1 Å². The molecule has 2 heterocycles. The summed E-state index contributed by atoms with van der Waals surface area (Å²) in [6, 6.07) is 6.44. The molecule has 0 saturated carbocycles. The monoisotopic (exact) mass is 464 g/mol. The molecule has 10 heteroatoms. The summed E-state index contributed by atoms with van der Waals surface area (Å²) in [5, 5.41) is 2.65. The van der Waals surface area contributed by atoms with Crippen LogP contribution in [0.5, 0.6) is 0 Å². The lowest BCUT2D eigenvalue weighted by molar-refractivity contribution is -0.119. The molecule has 0 atom stereocenters. The Morgan fingerprint density at radius 3 is 2.71 bits per heavy atom. The lowest BCUT2D eigenvalue weighted by atomic mass is 10.2. The van der Waals surface area contributed by atoms with Gasteiger partial charge >= 0.3 is 5.97 Å². The molecule has 166 valence electrons. The molecule has 1 aromatic carbocycles. The quantitative estimate of drug-likeness (QED) is 0.659. The molecule has 1 aliphatic heterocycles. The van der Waals surface area contributed by atoms with E-state index in [9.17, 15) is 18.0 Å². The van der Waals surface area contributed by atoms with Crippen molar-refractivity contribution in [2.75, 3.05) is 38.2 Å². The zero-order valence-electron chi connectivity index (χ0n) is 17.2. The maximum Gasteiger partial charge on any atom is 0.348 e. The zero-order chi connectivity index (χ0) is 22.0. The number of rotatable bonds is 6. The van der Waals surface area contributed by atoms with E-state index in [1.807, 2.05) is 6.07 Å². The molecule has 0 spiro atoms. The van der Waals surface area contributed by atoms with E-state index in [1.54, 1.807) is 13.0 Å². The summed E-state index contributed by atoms with van der Waals surface area (Å²) in [6.45, 7) is 2.61. The second-order valence-electron chi connectivity index (χ2n) is 7.53. The highest BCUT2D eigenvalue weighted by atomic mass is 32.2. The van der Waals surface area contributed by atoms with Gasteiger partial charge in [-0.1, -0.05) is 6.07 Å². The molecule has 1 aliphatic carbocycles. The average molecular weight is 465 g/mol. The molecular weight excluding hydrogens is 440 g/mol. The molecule has 1 saturated heterocycles. The Hall–Kier alpha value is -2.27. The molecule has 0 radical (unpaired) electrons. The predicted molar refractivity (Wildman–Crippen MR) is 116 cm³/mol. The number of thiophene rings is 1. The lowest BCUT2D eigenvalue weighted by Crippen LogP contribution is -2.40. The van der Waals surface area contributed by atoms with Crippen LogP contribution in [0.2, 0.25) is 0 Å². The lowest BCUT2D eigenvalue weighted by Gasteiger charge is -2.26. The minimum absolute atomic E-state index is 0.0976. The van der Waals surface area contributed by atoms with Crippen molar-refractivity contribution in [2.24, 2.45) is 0 Å². The van der Waals surface area contributed by atoms with Crippen molar-refractivity contribution >= 4 is 38.9 Å². The fraction of sp³-hybridized carbons (Fsp3) is 0.429. The summed E-state index contributed by atoms with van der Waals surface area (Å²) < 4.78 is 37.5. The first-order valence-corrected chi connectivity index (χ1v) is 12.4. The van der Waals surface area contributed by atoms with Gasteiger partial charge in [0.1, 0.15) is 4.88 Å². The number of carbonyl (C=O) groups is 2. The highest BCUT2D eigenvalue weighted by Gasteiger charge is 2.27. The van der Waals surface area contributed by atoms with Crippen molar-refractivity contribution in [3.05, 3.63) is 45.1 Å². The van der Waals surface area contributed by atoms with E-state index in [0.29, 0.717) is 42.4 Å². The van der Waals surface area contributed by atoms with Gasteiger partial charge in [0.2, 0.25) is 10.0 Å². The number of anilines is 1. The number of sulfonamides is 1. The first-order chi connectivity index (χ1) is 14.8. The second kappa shape index (κ2) is 9.07. The van der Waals surface area contributed by atoms with Crippen molar-refractivity contribution < 1.29 is 27.5 Å². The maximum atomic E-state index is 12.9. The molecule has 1 amide bonds. The van der Waals surface area contributed by atoms with Crippen LogP contribution in [0, 0.1) is 6.92 Å². The van der Waals surface area contributed by atoms with Gasteiger partial charge in [0.05, 0.1) is 18.1 Å². The van der Waals surface area contributed by atoms with Gasteiger partial charge in [0.15, 0.2) is 6.61 Å². The summed E-state index contributed by atoms with van der Waals surface area (Å²) in [4.78, 5) is 26.4. The van der Waals surface area contributed by atoms with Gasteiger partial charge in [-0.15, -0.1) is 11.3 Å². The third kappa shape index (κ3) is 4.82. The Labute approximate surface area is 185 Å². The number of benzene rings is 1. The fourth-order valence-corrected chi connectivity index (χ4v) is 6.23. The van der Waals surface area contributed by atoms with Gasteiger partial charge in [-0.25, -0.2) is 13.2 Å². The van der Waals surface area contributed by atoms with Crippen LogP contribution in [0.1, 0.15) is 32.1 Å². The summed E-state index contributed by atoms with van der Waals surface area (Å²) in [5.74, 6) is -1.05. The van der Waals surface area contributed by atoms with Crippen molar-refractivity contribution in [3.63, 3.8) is 0 Å². The number of carbonyl (C=O) groups excluding carboxylic acids is 2. The third-order valence-corrected chi connectivity index (χ3v) is 8.48. The van der Waals surface area contributed by atoms with Crippen LogP contribution < -0.4 is 5.32 Å². The van der Waals surface area contributed by atoms with Crippen LogP contribution in [0.25, 0.3) is 0 Å². The molecular formula is C21H24N2O6S2. The number of amides is 1. The molecule has 1 aromatic heterocycles.